The molecule has 0 aliphatic rings. The number of benzene rings is 1. The van der Waals surface area contributed by atoms with Crippen LogP contribution >= 0.6 is 11.3 Å². The average molecular weight is 275 g/mol. The Morgan fingerprint density at radius 2 is 2.26 bits per heavy atom. The van der Waals surface area contributed by atoms with E-state index in [4.69, 9.17) is 5.73 Å². The second kappa shape index (κ2) is 4.75. The molecule has 0 aliphatic carbocycles. The van der Waals surface area contributed by atoms with Crippen molar-refractivity contribution in [2.45, 2.75) is 13.3 Å². The molecule has 0 amide bonds. The van der Waals surface area contributed by atoms with Crippen molar-refractivity contribution >= 4 is 16.3 Å². The van der Waals surface area contributed by atoms with Gasteiger partial charge in [-0.2, -0.15) is 0 Å². The quantitative estimate of drug-likeness (QED) is 0.798. The number of fused-ring (bicyclic) bond motifs is 1. The largest absolute Gasteiger partial charge is 0.330 e. The van der Waals surface area contributed by atoms with Crippen molar-refractivity contribution in [2.75, 3.05) is 6.54 Å². The normalized spacial score (nSPS) is 11.3. The number of thiazole rings is 1. The molecular formula is C14H14FN3S. The minimum absolute atomic E-state index is 0.176. The van der Waals surface area contributed by atoms with Crippen molar-refractivity contribution in [1.29, 1.82) is 0 Å². The van der Waals surface area contributed by atoms with Crippen molar-refractivity contribution in [3.05, 3.63) is 46.9 Å². The zero-order valence-corrected chi connectivity index (χ0v) is 11.4. The fourth-order valence-electron chi connectivity index (χ4n) is 2.11. The Morgan fingerprint density at radius 1 is 1.42 bits per heavy atom. The van der Waals surface area contributed by atoms with Crippen LogP contribution in [0, 0.1) is 12.7 Å². The van der Waals surface area contributed by atoms with E-state index in [0.29, 0.717) is 12.1 Å². The van der Waals surface area contributed by atoms with Crippen LogP contribution in [-0.2, 0) is 6.42 Å². The summed E-state index contributed by atoms with van der Waals surface area (Å²) in [7, 11) is 0. The predicted octanol–water partition coefficient (Wildman–Crippen LogP) is 3.01. The molecule has 3 nitrogen and oxygen atoms in total. The first-order chi connectivity index (χ1) is 9.19. The van der Waals surface area contributed by atoms with Crippen LogP contribution in [0.25, 0.3) is 16.2 Å². The monoisotopic (exact) mass is 275 g/mol. The van der Waals surface area contributed by atoms with Crippen molar-refractivity contribution in [3.8, 4) is 11.3 Å². The van der Waals surface area contributed by atoms with E-state index in [1.54, 1.807) is 24.3 Å². The molecule has 0 aliphatic heterocycles. The second-order valence-corrected chi connectivity index (χ2v) is 5.34. The SMILES string of the molecule is Cc1cc(-c2csc3nc(CCN)cn23)ccc1F. The Bertz CT molecular complexity index is 729. The average Bonchev–Trinajstić information content (AvgIpc) is 2.93. The third-order valence-corrected chi connectivity index (χ3v) is 3.95. The summed E-state index contributed by atoms with van der Waals surface area (Å²) in [5, 5.41) is 2.04. The van der Waals surface area contributed by atoms with Gasteiger partial charge in [-0.15, -0.1) is 11.3 Å². The second-order valence-electron chi connectivity index (χ2n) is 4.51. The van der Waals surface area contributed by atoms with Gasteiger partial charge in [0.25, 0.3) is 0 Å². The first-order valence-electron chi connectivity index (χ1n) is 6.11. The lowest BCUT2D eigenvalue weighted by Crippen LogP contribution is -2.02. The van der Waals surface area contributed by atoms with Gasteiger partial charge in [0.2, 0.25) is 0 Å². The summed E-state index contributed by atoms with van der Waals surface area (Å²) in [6.45, 7) is 2.37. The number of nitrogens with zero attached hydrogens (tertiary/aromatic N) is 2. The summed E-state index contributed by atoms with van der Waals surface area (Å²) >= 11 is 1.58. The number of nitrogens with two attached hydrogens (primary N) is 1. The lowest BCUT2D eigenvalue weighted by molar-refractivity contribution is 0.619. The predicted molar refractivity (Wildman–Crippen MR) is 76.0 cm³/mol. The maximum Gasteiger partial charge on any atom is 0.194 e. The van der Waals surface area contributed by atoms with Crippen molar-refractivity contribution in [2.24, 2.45) is 5.73 Å². The minimum Gasteiger partial charge on any atom is -0.330 e. The van der Waals surface area contributed by atoms with Crippen LogP contribution in [0.5, 0.6) is 0 Å². The van der Waals surface area contributed by atoms with Gasteiger partial charge in [-0.25, -0.2) is 9.37 Å². The van der Waals surface area contributed by atoms with Crippen molar-refractivity contribution in [1.82, 2.24) is 9.38 Å². The molecule has 0 bridgehead atoms. The highest BCUT2D eigenvalue weighted by atomic mass is 32.1. The molecule has 5 heteroatoms. The summed E-state index contributed by atoms with van der Waals surface area (Å²) in [5.74, 6) is -0.176. The summed E-state index contributed by atoms with van der Waals surface area (Å²) < 4.78 is 15.4. The zero-order chi connectivity index (χ0) is 13.4. The molecule has 0 spiro atoms. The molecule has 19 heavy (non-hydrogen) atoms. The molecule has 0 saturated heterocycles. The summed E-state index contributed by atoms with van der Waals surface area (Å²) in [5.41, 5.74) is 9.24. The van der Waals surface area contributed by atoms with Gasteiger partial charge in [0, 0.05) is 18.0 Å². The molecule has 2 heterocycles. The van der Waals surface area contributed by atoms with E-state index in [1.807, 2.05) is 22.0 Å². The Hall–Kier alpha value is -1.72. The number of hydrogen-bond donors (Lipinski definition) is 1. The highest BCUT2D eigenvalue weighted by molar-refractivity contribution is 7.15. The van der Waals surface area contributed by atoms with Crippen molar-refractivity contribution < 1.29 is 4.39 Å². The zero-order valence-electron chi connectivity index (χ0n) is 10.6. The third-order valence-electron chi connectivity index (χ3n) is 3.11. The Morgan fingerprint density at radius 3 is 3.00 bits per heavy atom. The van der Waals surface area contributed by atoms with Crippen LogP contribution in [0.1, 0.15) is 11.3 Å². The maximum atomic E-state index is 13.3. The van der Waals surface area contributed by atoms with Gasteiger partial charge in [0.15, 0.2) is 4.96 Å². The highest BCUT2D eigenvalue weighted by Gasteiger charge is 2.10. The first kappa shape index (κ1) is 12.3. The number of imidazole rings is 1. The molecule has 0 unspecified atom stereocenters. The Balaban J connectivity index is 2.10. The van der Waals surface area contributed by atoms with E-state index in [9.17, 15) is 4.39 Å². The Labute approximate surface area is 114 Å². The Kier molecular flexibility index (Phi) is 3.08. The van der Waals surface area contributed by atoms with E-state index in [2.05, 4.69) is 4.98 Å². The smallest absolute Gasteiger partial charge is 0.194 e. The molecule has 0 fully saturated rings. The van der Waals surface area contributed by atoms with Gasteiger partial charge in [0.1, 0.15) is 5.82 Å². The van der Waals surface area contributed by atoms with Gasteiger partial charge in [-0.05, 0) is 42.8 Å². The van der Waals surface area contributed by atoms with Crippen molar-refractivity contribution in [3.63, 3.8) is 0 Å². The lowest BCUT2D eigenvalue weighted by atomic mass is 10.1. The van der Waals surface area contributed by atoms with E-state index in [-0.39, 0.29) is 5.82 Å². The number of rotatable bonds is 3. The van der Waals surface area contributed by atoms with Gasteiger partial charge in [0.05, 0.1) is 11.4 Å². The number of aromatic nitrogens is 2. The highest BCUT2D eigenvalue weighted by Crippen LogP contribution is 2.27. The lowest BCUT2D eigenvalue weighted by Gasteiger charge is -2.02. The molecule has 0 radical (unpaired) electrons. The van der Waals surface area contributed by atoms with Crippen LogP contribution in [0.4, 0.5) is 4.39 Å². The van der Waals surface area contributed by atoms with Crippen LogP contribution < -0.4 is 5.73 Å². The first-order valence-corrected chi connectivity index (χ1v) is 6.99. The van der Waals surface area contributed by atoms with Crippen LogP contribution in [0.2, 0.25) is 0 Å². The number of hydrogen-bond acceptors (Lipinski definition) is 3. The van der Waals surface area contributed by atoms with E-state index in [1.165, 1.54) is 6.07 Å². The molecule has 3 rings (SSSR count). The molecule has 0 atom stereocenters. The van der Waals surface area contributed by atoms with E-state index < -0.39 is 0 Å². The molecule has 3 aromatic rings. The summed E-state index contributed by atoms with van der Waals surface area (Å²) in [6, 6.07) is 5.16. The van der Waals surface area contributed by atoms with E-state index in [0.717, 1.165) is 28.3 Å². The maximum absolute atomic E-state index is 13.3. The summed E-state index contributed by atoms with van der Waals surface area (Å²) in [4.78, 5) is 5.46. The molecular weight excluding hydrogens is 261 g/mol. The van der Waals surface area contributed by atoms with E-state index >= 15 is 0 Å². The van der Waals surface area contributed by atoms with Gasteiger partial charge < -0.3 is 5.73 Å². The molecule has 98 valence electrons. The van der Waals surface area contributed by atoms with Gasteiger partial charge in [-0.1, -0.05) is 0 Å². The van der Waals surface area contributed by atoms with Crippen LogP contribution in [0.3, 0.4) is 0 Å². The molecule has 1 aromatic carbocycles. The molecule has 0 saturated carbocycles. The van der Waals surface area contributed by atoms with Crippen LogP contribution in [-0.4, -0.2) is 15.9 Å². The van der Waals surface area contributed by atoms with Gasteiger partial charge >= 0.3 is 0 Å². The third kappa shape index (κ3) is 2.15. The van der Waals surface area contributed by atoms with Gasteiger partial charge in [-0.3, -0.25) is 4.40 Å². The summed E-state index contributed by atoms with van der Waals surface area (Å²) in [6.07, 6.45) is 2.78. The topological polar surface area (TPSA) is 43.3 Å². The minimum atomic E-state index is -0.176. The number of halogens is 1. The fourth-order valence-corrected chi connectivity index (χ4v) is 3.01. The standard InChI is InChI=1S/C14H14FN3S/c1-9-6-10(2-3-12(9)15)13-8-19-14-17-11(4-5-16)7-18(13)14/h2-3,6-8H,4-5,16H2,1H3. The van der Waals surface area contributed by atoms with Crippen LogP contribution in [0.15, 0.2) is 29.8 Å². The molecule has 2 aromatic heterocycles. The fraction of sp³-hybridized carbons (Fsp3) is 0.214. The number of aryl methyl sites for hydroxylation is 1. The molecule has 2 N–H and O–H groups in total.